The molecule has 112 valence electrons. The summed E-state index contributed by atoms with van der Waals surface area (Å²) < 4.78 is 21.5. The molecule has 2 aromatic heterocycles. The number of aromatic nitrogens is 4. The van der Waals surface area contributed by atoms with Crippen molar-refractivity contribution in [2.45, 2.75) is 32.2 Å². The van der Waals surface area contributed by atoms with Gasteiger partial charge >= 0.3 is 0 Å². The average Bonchev–Trinajstić information content (AvgIpc) is 2.91. The Labute approximate surface area is 118 Å². The van der Waals surface area contributed by atoms with Crippen molar-refractivity contribution in [2.24, 2.45) is 0 Å². The Morgan fingerprint density at radius 1 is 1.67 bits per heavy atom. The van der Waals surface area contributed by atoms with E-state index in [4.69, 9.17) is 10.5 Å². The highest BCUT2D eigenvalue weighted by Crippen LogP contribution is 2.44. The molecule has 1 aliphatic rings. The first kappa shape index (κ1) is 13.4. The maximum atomic E-state index is 14.8. The molecule has 0 spiro atoms. The van der Waals surface area contributed by atoms with E-state index in [1.165, 1.54) is 17.8 Å². The Kier molecular flexibility index (Phi) is 2.68. The van der Waals surface area contributed by atoms with Gasteiger partial charge in [0.2, 0.25) is 17.8 Å². The lowest BCUT2D eigenvalue weighted by Crippen LogP contribution is -2.31. The van der Waals surface area contributed by atoms with Crippen molar-refractivity contribution in [1.29, 1.82) is 0 Å². The number of allylic oxidation sites excluding steroid dienone is 1. The van der Waals surface area contributed by atoms with Crippen molar-refractivity contribution < 1.29 is 14.2 Å². The van der Waals surface area contributed by atoms with Crippen molar-refractivity contribution in [2.75, 3.05) is 5.73 Å². The quantitative estimate of drug-likeness (QED) is 0.764. The average molecular weight is 295 g/mol. The van der Waals surface area contributed by atoms with Gasteiger partial charge < -0.3 is 15.6 Å². The van der Waals surface area contributed by atoms with Gasteiger partial charge in [-0.2, -0.15) is 4.98 Å². The molecule has 0 aromatic carbocycles. The number of nitrogens with one attached hydrogen (secondary N) is 1. The van der Waals surface area contributed by atoms with E-state index in [0.29, 0.717) is 6.42 Å². The fraction of sp³-hybridized carbons (Fsp3) is 0.417. The number of anilines is 1. The number of nitrogens with two attached hydrogens (primary N) is 1. The Morgan fingerprint density at radius 3 is 3.00 bits per heavy atom. The zero-order valence-corrected chi connectivity index (χ0v) is 11.4. The van der Waals surface area contributed by atoms with Gasteiger partial charge in [0.15, 0.2) is 16.9 Å². The largest absolute Gasteiger partial charge is 0.506 e. The standard InChI is InChI=1S/C12H14FN5O3/c1-3-5-7(19)12(2,13)10(21-5)18-4-15-6-8(18)16-11(14)17-9(6)20/h4,10,19H,3H2,1-2H3,(H3,14,16,17,20)/t10-,12?/m1/s1. The summed E-state index contributed by atoms with van der Waals surface area (Å²) in [6.07, 6.45) is 0.372. The molecule has 4 N–H and O–H groups in total. The number of alkyl halides is 1. The molecule has 0 saturated heterocycles. The van der Waals surface area contributed by atoms with Crippen molar-refractivity contribution in [3.63, 3.8) is 0 Å². The number of fused-ring (bicyclic) bond motifs is 1. The molecule has 0 saturated carbocycles. The Hall–Kier alpha value is -2.58. The molecule has 0 amide bonds. The normalized spacial score (nSPS) is 25.6. The van der Waals surface area contributed by atoms with Gasteiger partial charge in [-0.25, -0.2) is 9.37 Å². The van der Waals surface area contributed by atoms with Gasteiger partial charge in [-0.1, -0.05) is 6.92 Å². The summed E-state index contributed by atoms with van der Waals surface area (Å²) in [6.45, 7) is 2.93. The Bertz CT molecular complexity index is 807. The molecule has 2 atom stereocenters. The highest BCUT2D eigenvalue weighted by atomic mass is 19.1. The van der Waals surface area contributed by atoms with Crippen LogP contribution in [0.5, 0.6) is 0 Å². The molecular weight excluding hydrogens is 281 g/mol. The van der Waals surface area contributed by atoms with E-state index < -0.39 is 23.2 Å². The van der Waals surface area contributed by atoms with Crippen LogP contribution in [0.15, 0.2) is 22.6 Å². The molecule has 3 heterocycles. The van der Waals surface area contributed by atoms with Crippen molar-refractivity contribution in [3.05, 3.63) is 28.2 Å². The van der Waals surface area contributed by atoms with Gasteiger partial charge in [-0.15, -0.1) is 0 Å². The van der Waals surface area contributed by atoms with E-state index >= 15 is 0 Å². The molecule has 8 nitrogen and oxygen atoms in total. The highest BCUT2D eigenvalue weighted by molar-refractivity contribution is 5.70. The van der Waals surface area contributed by atoms with E-state index in [0.717, 1.165) is 0 Å². The zero-order valence-electron chi connectivity index (χ0n) is 11.4. The number of imidazole rings is 1. The molecule has 21 heavy (non-hydrogen) atoms. The maximum Gasteiger partial charge on any atom is 0.280 e. The Morgan fingerprint density at radius 2 is 2.38 bits per heavy atom. The fourth-order valence-corrected chi connectivity index (χ4v) is 2.37. The predicted octanol–water partition coefficient (Wildman–Crippen LogP) is 1.14. The third-order valence-electron chi connectivity index (χ3n) is 3.47. The molecule has 9 heteroatoms. The van der Waals surface area contributed by atoms with Crippen LogP contribution in [0.25, 0.3) is 11.2 Å². The van der Waals surface area contributed by atoms with Crippen molar-refractivity contribution in [1.82, 2.24) is 19.5 Å². The number of ether oxygens (including phenoxy) is 1. The second-order valence-electron chi connectivity index (χ2n) is 4.95. The van der Waals surface area contributed by atoms with E-state index in [2.05, 4.69) is 15.0 Å². The minimum absolute atomic E-state index is 0.0213. The number of aliphatic hydroxyl groups is 1. The summed E-state index contributed by atoms with van der Waals surface area (Å²) >= 11 is 0. The number of nitrogen functional groups attached to an aromatic ring is 1. The molecule has 0 aliphatic carbocycles. The third-order valence-corrected chi connectivity index (χ3v) is 3.47. The number of nitrogens with zero attached hydrogens (tertiary/aromatic N) is 3. The second-order valence-corrected chi connectivity index (χ2v) is 4.95. The number of hydrogen-bond acceptors (Lipinski definition) is 6. The van der Waals surface area contributed by atoms with E-state index in [1.54, 1.807) is 6.92 Å². The zero-order chi connectivity index (χ0) is 15.4. The first-order chi connectivity index (χ1) is 9.86. The van der Waals surface area contributed by atoms with Crippen molar-refractivity contribution >= 4 is 17.1 Å². The van der Waals surface area contributed by atoms with Gasteiger partial charge in [-0.3, -0.25) is 14.3 Å². The van der Waals surface area contributed by atoms with Gasteiger partial charge in [0.1, 0.15) is 12.1 Å². The molecular formula is C12H14FN5O3. The minimum Gasteiger partial charge on any atom is -0.506 e. The topological polar surface area (TPSA) is 119 Å². The molecule has 0 bridgehead atoms. The first-order valence-electron chi connectivity index (χ1n) is 6.36. The maximum absolute atomic E-state index is 14.8. The number of halogens is 1. The molecule has 0 radical (unpaired) electrons. The Balaban J connectivity index is 2.17. The van der Waals surface area contributed by atoms with Crippen LogP contribution < -0.4 is 11.3 Å². The monoisotopic (exact) mass is 295 g/mol. The van der Waals surface area contributed by atoms with E-state index in [9.17, 15) is 14.3 Å². The highest BCUT2D eigenvalue weighted by Gasteiger charge is 2.50. The van der Waals surface area contributed by atoms with Crippen LogP contribution in [0.2, 0.25) is 0 Å². The predicted molar refractivity (Wildman–Crippen MR) is 72.1 cm³/mol. The van der Waals surface area contributed by atoms with Gasteiger partial charge in [0, 0.05) is 6.42 Å². The molecule has 1 aliphatic heterocycles. The lowest BCUT2D eigenvalue weighted by Gasteiger charge is -2.23. The summed E-state index contributed by atoms with van der Waals surface area (Å²) in [5, 5.41) is 9.90. The fourth-order valence-electron chi connectivity index (χ4n) is 2.37. The summed E-state index contributed by atoms with van der Waals surface area (Å²) in [4.78, 5) is 21.9. The molecule has 1 unspecified atom stereocenters. The number of aliphatic hydroxyl groups excluding tert-OH is 1. The lowest BCUT2D eigenvalue weighted by molar-refractivity contribution is -0.0215. The summed E-state index contributed by atoms with van der Waals surface area (Å²) in [6, 6.07) is 0. The number of H-pyrrole nitrogens is 1. The second kappa shape index (κ2) is 4.21. The molecule has 3 rings (SSSR count). The SMILES string of the molecule is CCC1=C(O)C(C)(F)[C@H](n2cnc3c(=O)[nH]c(N)nc32)O1. The molecule has 0 fully saturated rings. The van der Waals surface area contributed by atoms with Crippen molar-refractivity contribution in [3.8, 4) is 0 Å². The number of rotatable bonds is 2. The van der Waals surface area contributed by atoms with Crippen LogP contribution in [0.4, 0.5) is 10.3 Å². The number of hydrogen-bond donors (Lipinski definition) is 3. The summed E-state index contributed by atoms with van der Waals surface area (Å²) in [5.74, 6) is -0.417. The van der Waals surface area contributed by atoms with Crippen LogP contribution >= 0.6 is 0 Å². The minimum atomic E-state index is -2.15. The lowest BCUT2D eigenvalue weighted by atomic mass is 10.1. The summed E-state index contributed by atoms with van der Waals surface area (Å²) in [7, 11) is 0. The third kappa shape index (κ3) is 1.77. The van der Waals surface area contributed by atoms with Crippen LogP contribution in [0.3, 0.4) is 0 Å². The van der Waals surface area contributed by atoms with E-state index in [-0.39, 0.29) is 22.9 Å². The van der Waals surface area contributed by atoms with Crippen LogP contribution in [-0.2, 0) is 4.74 Å². The van der Waals surface area contributed by atoms with Gasteiger partial charge in [0.05, 0.1) is 0 Å². The van der Waals surface area contributed by atoms with Crippen LogP contribution in [0.1, 0.15) is 26.5 Å². The van der Waals surface area contributed by atoms with Crippen LogP contribution in [0, 0.1) is 0 Å². The van der Waals surface area contributed by atoms with E-state index in [1.807, 2.05) is 0 Å². The van der Waals surface area contributed by atoms with Gasteiger partial charge in [-0.05, 0) is 6.92 Å². The smallest absolute Gasteiger partial charge is 0.280 e. The number of aromatic amines is 1. The first-order valence-corrected chi connectivity index (χ1v) is 6.36. The van der Waals surface area contributed by atoms with Crippen LogP contribution in [-0.4, -0.2) is 30.3 Å². The van der Waals surface area contributed by atoms with Gasteiger partial charge in [0.25, 0.3) is 5.56 Å². The molecule has 2 aromatic rings. The summed E-state index contributed by atoms with van der Waals surface area (Å²) in [5.41, 5.74) is 2.93.